The predicted molar refractivity (Wildman–Crippen MR) is 79.2 cm³/mol. The lowest BCUT2D eigenvalue weighted by molar-refractivity contribution is 0.227. The van der Waals surface area contributed by atoms with Crippen molar-refractivity contribution in [3.63, 3.8) is 0 Å². The van der Waals surface area contributed by atoms with Gasteiger partial charge in [-0.1, -0.05) is 15.9 Å². The molecule has 19 heavy (non-hydrogen) atoms. The van der Waals surface area contributed by atoms with Crippen LogP contribution < -0.4 is 10.3 Å². The molecule has 0 amide bonds. The summed E-state index contributed by atoms with van der Waals surface area (Å²) < 4.78 is 6.85. The van der Waals surface area contributed by atoms with Crippen LogP contribution in [0.25, 0.3) is 0 Å². The van der Waals surface area contributed by atoms with E-state index in [1.54, 1.807) is 0 Å². The number of rotatable bonds is 1. The van der Waals surface area contributed by atoms with E-state index in [1.807, 2.05) is 18.3 Å². The summed E-state index contributed by atoms with van der Waals surface area (Å²) in [5, 5.41) is 1.96. The summed E-state index contributed by atoms with van der Waals surface area (Å²) in [6.07, 6.45) is 4.03. The second-order valence-electron chi connectivity index (χ2n) is 4.68. The molecule has 3 rings (SSSR count). The number of nitrogens with one attached hydrogen (secondary N) is 1. The standard InChI is InChI=1S/C14H16BrN3O/c1-10-7-11(15)3-4-12(10)18-5-6-19-14-8-16-17(2)13(14)9-18/h3-4,7-9,16H,5-6H2,1-2H3. The summed E-state index contributed by atoms with van der Waals surface area (Å²) in [5.41, 5.74) is 6.64. The Balaban J connectivity index is 1.98. The van der Waals surface area contributed by atoms with E-state index in [0.717, 1.165) is 22.5 Å². The van der Waals surface area contributed by atoms with Crippen molar-refractivity contribution < 1.29 is 4.74 Å². The first-order valence-electron chi connectivity index (χ1n) is 6.23. The van der Waals surface area contributed by atoms with Crippen LogP contribution in [-0.4, -0.2) is 25.2 Å². The largest absolute Gasteiger partial charge is 0.488 e. The summed E-state index contributed by atoms with van der Waals surface area (Å²) in [6, 6.07) is 6.33. The Morgan fingerprint density at radius 3 is 3.00 bits per heavy atom. The topological polar surface area (TPSA) is 27.7 Å². The van der Waals surface area contributed by atoms with E-state index in [9.17, 15) is 0 Å². The molecular formula is C14H16BrN3O. The van der Waals surface area contributed by atoms with Gasteiger partial charge in [-0.3, -0.25) is 5.01 Å². The molecule has 1 N–H and O–H groups in total. The number of benzene rings is 1. The number of anilines is 1. The number of aryl methyl sites for hydroxylation is 1. The van der Waals surface area contributed by atoms with Gasteiger partial charge < -0.3 is 15.1 Å². The third-order valence-electron chi connectivity index (χ3n) is 3.34. The molecule has 0 aromatic heterocycles. The van der Waals surface area contributed by atoms with E-state index in [2.05, 4.69) is 57.6 Å². The first-order valence-corrected chi connectivity index (χ1v) is 7.02. The highest BCUT2D eigenvalue weighted by Crippen LogP contribution is 2.28. The van der Waals surface area contributed by atoms with Crippen LogP contribution in [0, 0.1) is 6.92 Å². The maximum Gasteiger partial charge on any atom is 0.163 e. The molecule has 0 saturated carbocycles. The van der Waals surface area contributed by atoms with E-state index in [0.29, 0.717) is 6.61 Å². The maximum atomic E-state index is 5.75. The lowest BCUT2D eigenvalue weighted by Crippen LogP contribution is -2.26. The zero-order valence-electron chi connectivity index (χ0n) is 11.0. The van der Waals surface area contributed by atoms with Crippen LogP contribution in [0.2, 0.25) is 0 Å². The molecular weight excluding hydrogens is 306 g/mol. The molecule has 0 aliphatic carbocycles. The van der Waals surface area contributed by atoms with Gasteiger partial charge in [0.1, 0.15) is 12.3 Å². The van der Waals surface area contributed by atoms with Crippen LogP contribution in [-0.2, 0) is 4.74 Å². The SMILES string of the molecule is Cc1cc(Br)ccc1N1C=C2C(=CNN2C)OCC1. The molecule has 4 nitrogen and oxygen atoms in total. The summed E-state index contributed by atoms with van der Waals surface area (Å²) in [7, 11) is 1.98. The Bertz CT molecular complexity index is 568. The fourth-order valence-electron chi connectivity index (χ4n) is 2.33. The van der Waals surface area contributed by atoms with Gasteiger partial charge in [-0.25, -0.2) is 0 Å². The fraction of sp³-hybridized carbons (Fsp3) is 0.286. The molecule has 100 valence electrons. The van der Waals surface area contributed by atoms with Crippen molar-refractivity contribution in [2.45, 2.75) is 6.92 Å². The Kier molecular flexibility index (Phi) is 3.14. The number of hydrogen-bond acceptors (Lipinski definition) is 4. The van der Waals surface area contributed by atoms with E-state index in [1.165, 1.54) is 11.3 Å². The molecule has 2 aliphatic heterocycles. The summed E-state index contributed by atoms with van der Waals surface area (Å²) >= 11 is 3.50. The van der Waals surface area contributed by atoms with E-state index in [-0.39, 0.29) is 0 Å². The Hall–Kier alpha value is -1.62. The number of fused-ring (bicyclic) bond motifs is 1. The number of hydrogen-bond donors (Lipinski definition) is 1. The van der Waals surface area contributed by atoms with Gasteiger partial charge >= 0.3 is 0 Å². The molecule has 0 spiro atoms. The molecule has 0 radical (unpaired) electrons. The quantitative estimate of drug-likeness (QED) is 0.860. The third-order valence-corrected chi connectivity index (χ3v) is 3.83. The van der Waals surface area contributed by atoms with Crippen molar-refractivity contribution in [1.29, 1.82) is 0 Å². The molecule has 2 heterocycles. The predicted octanol–water partition coefficient (Wildman–Crippen LogP) is 2.73. The second kappa shape index (κ2) is 4.81. The molecule has 0 saturated heterocycles. The molecule has 2 aliphatic rings. The van der Waals surface area contributed by atoms with Crippen LogP contribution in [0.1, 0.15) is 5.56 Å². The molecule has 1 aromatic rings. The first kappa shape index (κ1) is 12.4. The Morgan fingerprint density at radius 1 is 1.37 bits per heavy atom. The van der Waals surface area contributed by atoms with E-state index >= 15 is 0 Å². The minimum atomic E-state index is 0.677. The minimum absolute atomic E-state index is 0.677. The number of ether oxygens (including phenoxy) is 1. The zero-order chi connectivity index (χ0) is 13.4. The summed E-state index contributed by atoms with van der Waals surface area (Å²) in [5.74, 6) is 0.903. The fourth-order valence-corrected chi connectivity index (χ4v) is 2.80. The van der Waals surface area contributed by atoms with Crippen LogP contribution in [0.3, 0.4) is 0 Å². The summed E-state index contributed by atoms with van der Waals surface area (Å²) in [4.78, 5) is 2.24. The lowest BCUT2D eigenvalue weighted by atomic mass is 10.2. The van der Waals surface area contributed by atoms with Crippen LogP contribution in [0.4, 0.5) is 5.69 Å². The monoisotopic (exact) mass is 321 g/mol. The van der Waals surface area contributed by atoms with Crippen molar-refractivity contribution in [2.24, 2.45) is 0 Å². The van der Waals surface area contributed by atoms with Crippen molar-refractivity contribution >= 4 is 21.6 Å². The van der Waals surface area contributed by atoms with Crippen molar-refractivity contribution in [2.75, 3.05) is 25.1 Å². The number of likely N-dealkylation sites (N-methyl/N-ethyl adjacent to an activating group) is 1. The average molecular weight is 322 g/mol. The normalized spacial score (nSPS) is 18.1. The van der Waals surface area contributed by atoms with Crippen LogP contribution in [0.5, 0.6) is 0 Å². The lowest BCUT2D eigenvalue weighted by Gasteiger charge is -2.22. The van der Waals surface area contributed by atoms with Gasteiger partial charge in [0.15, 0.2) is 5.76 Å². The van der Waals surface area contributed by atoms with Crippen molar-refractivity contribution in [3.8, 4) is 0 Å². The average Bonchev–Trinajstić information content (AvgIpc) is 2.61. The highest BCUT2D eigenvalue weighted by molar-refractivity contribution is 9.10. The first-order chi connectivity index (χ1) is 9.15. The van der Waals surface area contributed by atoms with Crippen molar-refractivity contribution in [1.82, 2.24) is 10.4 Å². The van der Waals surface area contributed by atoms with Gasteiger partial charge in [-0.2, -0.15) is 0 Å². The van der Waals surface area contributed by atoms with E-state index < -0.39 is 0 Å². The Morgan fingerprint density at radius 2 is 2.21 bits per heavy atom. The molecule has 5 heteroatoms. The van der Waals surface area contributed by atoms with Gasteiger partial charge in [0.05, 0.1) is 12.7 Å². The molecule has 0 bridgehead atoms. The van der Waals surface area contributed by atoms with Crippen molar-refractivity contribution in [3.05, 3.63) is 52.1 Å². The highest BCUT2D eigenvalue weighted by Gasteiger charge is 2.23. The minimum Gasteiger partial charge on any atom is -0.488 e. The van der Waals surface area contributed by atoms with Crippen LogP contribution >= 0.6 is 15.9 Å². The van der Waals surface area contributed by atoms with Gasteiger partial charge in [0.2, 0.25) is 0 Å². The Labute approximate surface area is 121 Å². The third kappa shape index (κ3) is 2.30. The maximum absolute atomic E-state index is 5.75. The van der Waals surface area contributed by atoms with Gasteiger partial charge in [-0.15, -0.1) is 0 Å². The van der Waals surface area contributed by atoms with Gasteiger partial charge in [0.25, 0.3) is 0 Å². The molecule has 0 fully saturated rings. The second-order valence-corrected chi connectivity index (χ2v) is 5.60. The van der Waals surface area contributed by atoms with Gasteiger partial charge in [0, 0.05) is 23.4 Å². The molecule has 1 aromatic carbocycles. The summed E-state index contributed by atoms with van der Waals surface area (Å²) in [6.45, 7) is 3.64. The van der Waals surface area contributed by atoms with Crippen LogP contribution in [0.15, 0.2) is 46.5 Å². The van der Waals surface area contributed by atoms with E-state index in [4.69, 9.17) is 4.74 Å². The molecule has 0 atom stereocenters. The zero-order valence-corrected chi connectivity index (χ0v) is 12.6. The number of nitrogens with zero attached hydrogens (tertiary/aromatic N) is 2. The smallest absolute Gasteiger partial charge is 0.163 e. The number of hydrazine groups is 1. The molecule has 0 unspecified atom stereocenters. The number of halogens is 1. The van der Waals surface area contributed by atoms with Gasteiger partial charge in [-0.05, 0) is 30.7 Å². The highest BCUT2D eigenvalue weighted by atomic mass is 79.9.